The summed E-state index contributed by atoms with van der Waals surface area (Å²) in [4.78, 5) is 27.1. The third-order valence-corrected chi connectivity index (χ3v) is 6.75. The molecule has 0 saturated carbocycles. The van der Waals surface area contributed by atoms with Crippen molar-refractivity contribution in [2.45, 2.75) is 44.6 Å². The van der Waals surface area contributed by atoms with Crippen LogP contribution in [0.25, 0.3) is 0 Å². The number of amides is 2. The van der Waals surface area contributed by atoms with Crippen LogP contribution >= 0.6 is 0 Å². The molecule has 0 unspecified atom stereocenters. The van der Waals surface area contributed by atoms with Gasteiger partial charge in [-0.3, -0.25) is 9.59 Å². The van der Waals surface area contributed by atoms with E-state index in [4.69, 9.17) is 0 Å². The van der Waals surface area contributed by atoms with Crippen molar-refractivity contribution in [1.29, 1.82) is 0 Å². The third-order valence-electron chi connectivity index (χ3n) is 5.09. The lowest BCUT2D eigenvalue weighted by Gasteiger charge is -2.18. The van der Waals surface area contributed by atoms with Crippen LogP contribution in [0.3, 0.4) is 0 Å². The molecule has 0 radical (unpaired) electrons. The molecule has 2 aromatic carbocycles. The van der Waals surface area contributed by atoms with Gasteiger partial charge in [0.1, 0.15) is 5.82 Å². The summed E-state index contributed by atoms with van der Waals surface area (Å²) in [5, 5.41) is 2.61. The highest BCUT2D eigenvalue weighted by Gasteiger charge is 2.23. The van der Waals surface area contributed by atoms with Crippen LogP contribution in [-0.4, -0.2) is 44.3 Å². The summed E-state index contributed by atoms with van der Waals surface area (Å²) in [7, 11) is -3.89. The number of rotatable bonds is 6. The predicted octanol–water partition coefficient (Wildman–Crippen LogP) is 3.31. The number of carbonyl (C=O) groups excluding carboxylic acids is 2. The summed E-state index contributed by atoms with van der Waals surface area (Å²) in [6, 6.07) is 7.66. The van der Waals surface area contributed by atoms with Gasteiger partial charge in [0.05, 0.1) is 10.5 Å². The number of likely N-dealkylation sites (tertiary alicyclic amines) is 1. The second-order valence-electron chi connectivity index (χ2n) is 7.85. The average Bonchev–Trinajstić information content (AvgIpc) is 3.23. The lowest BCUT2D eigenvalue weighted by molar-refractivity contribution is 0.0791. The molecular weight excluding hydrogens is 421 g/mol. The van der Waals surface area contributed by atoms with Gasteiger partial charge in [-0.15, -0.1) is 0 Å². The molecular formula is C22H26FN3O4S. The van der Waals surface area contributed by atoms with Crippen LogP contribution in [0.2, 0.25) is 0 Å². The van der Waals surface area contributed by atoms with Gasteiger partial charge in [0, 0.05) is 30.4 Å². The molecule has 0 bridgehead atoms. The van der Waals surface area contributed by atoms with Crippen LogP contribution in [0.1, 0.15) is 53.0 Å². The highest BCUT2D eigenvalue weighted by atomic mass is 32.2. The second-order valence-corrected chi connectivity index (χ2v) is 9.56. The summed E-state index contributed by atoms with van der Waals surface area (Å²) in [5.41, 5.74) is 1.00. The van der Waals surface area contributed by atoms with Crippen LogP contribution in [-0.2, 0) is 10.0 Å². The van der Waals surface area contributed by atoms with Gasteiger partial charge in [-0.05, 0) is 69.5 Å². The van der Waals surface area contributed by atoms with E-state index in [0.717, 1.165) is 31.0 Å². The molecule has 0 aromatic heterocycles. The number of halogens is 1. The molecule has 7 nitrogen and oxygen atoms in total. The highest BCUT2D eigenvalue weighted by Crippen LogP contribution is 2.24. The fourth-order valence-corrected chi connectivity index (χ4v) is 4.78. The number of hydrogen-bond donors (Lipinski definition) is 2. The van der Waals surface area contributed by atoms with Gasteiger partial charge in [-0.1, -0.05) is 6.07 Å². The first-order chi connectivity index (χ1) is 14.6. The summed E-state index contributed by atoms with van der Waals surface area (Å²) >= 11 is 0. The van der Waals surface area contributed by atoms with Gasteiger partial charge in [-0.25, -0.2) is 17.5 Å². The van der Waals surface area contributed by atoms with E-state index < -0.39 is 27.3 Å². The normalized spacial score (nSPS) is 14.2. The Kier molecular flexibility index (Phi) is 6.76. The van der Waals surface area contributed by atoms with E-state index in [1.54, 1.807) is 43.9 Å². The second kappa shape index (κ2) is 9.15. The molecule has 3 rings (SSSR count). The molecule has 2 amide bonds. The molecule has 0 aliphatic carbocycles. The van der Waals surface area contributed by atoms with Crippen LogP contribution in [0, 0.1) is 12.7 Å². The molecule has 1 aliphatic rings. The van der Waals surface area contributed by atoms with Crippen LogP contribution in [0.5, 0.6) is 0 Å². The third kappa shape index (κ3) is 5.11. The summed E-state index contributed by atoms with van der Waals surface area (Å²) in [6.45, 7) is 6.43. The van der Waals surface area contributed by atoms with E-state index >= 15 is 0 Å². The summed E-state index contributed by atoms with van der Waals surface area (Å²) in [5.74, 6) is -1.75. The van der Waals surface area contributed by atoms with E-state index in [1.165, 1.54) is 0 Å². The molecule has 31 heavy (non-hydrogen) atoms. The smallest absolute Gasteiger partial charge is 0.258 e. The van der Waals surface area contributed by atoms with E-state index in [0.29, 0.717) is 29.9 Å². The minimum absolute atomic E-state index is 0.106. The number of hydrogen-bond acceptors (Lipinski definition) is 4. The Labute approximate surface area is 181 Å². The first kappa shape index (κ1) is 22.9. The van der Waals surface area contributed by atoms with Gasteiger partial charge in [-0.2, -0.15) is 0 Å². The van der Waals surface area contributed by atoms with Crippen molar-refractivity contribution in [3.8, 4) is 0 Å². The Bertz CT molecular complexity index is 1110. The van der Waals surface area contributed by atoms with Crippen molar-refractivity contribution < 1.29 is 22.4 Å². The maximum absolute atomic E-state index is 14.3. The fraction of sp³-hybridized carbons (Fsp3) is 0.364. The molecule has 2 N–H and O–H groups in total. The van der Waals surface area contributed by atoms with Crippen molar-refractivity contribution in [2.75, 3.05) is 18.4 Å². The monoisotopic (exact) mass is 447 g/mol. The molecule has 0 atom stereocenters. The van der Waals surface area contributed by atoms with Gasteiger partial charge < -0.3 is 10.2 Å². The van der Waals surface area contributed by atoms with Crippen molar-refractivity contribution >= 4 is 27.5 Å². The zero-order chi connectivity index (χ0) is 22.8. The van der Waals surface area contributed by atoms with Crippen molar-refractivity contribution in [3.05, 3.63) is 58.9 Å². The average molecular weight is 448 g/mol. The fourth-order valence-electron chi connectivity index (χ4n) is 3.51. The lowest BCUT2D eigenvalue weighted by Crippen LogP contribution is -2.30. The Morgan fingerprint density at radius 3 is 2.39 bits per heavy atom. The molecule has 9 heteroatoms. The molecule has 2 aromatic rings. The van der Waals surface area contributed by atoms with E-state index in [-0.39, 0.29) is 16.8 Å². The van der Waals surface area contributed by atoms with Crippen LogP contribution in [0.4, 0.5) is 10.1 Å². The van der Waals surface area contributed by atoms with Crippen molar-refractivity contribution in [2.24, 2.45) is 0 Å². The topological polar surface area (TPSA) is 95.6 Å². The number of carbonyl (C=O) groups is 2. The molecule has 1 saturated heterocycles. The van der Waals surface area contributed by atoms with Crippen LogP contribution < -0.4 is 10.0 Å². The largest absolute Gasteiger partial charge is 0.339 e. The minimum Gasteiger partial charge on any atom is -0.339 e. The summed E-state index contributed by atoms with van der Waals surface area (Å²) in [6.07, 6.45) is 1.93. The molecule has 0 spiro atoms. The van der Waals surface area contributed by atoms with E-state index in [1.807, 2.05) is 0 Å². The lowest BCUT2D eigenvalue weighted by atomic mass is 10.0. The number of anilines is 1. The Hall–Kier alpha value is -2.78. The Morgan fingerprint density at radius 1 is 1.06 bits per heavy atom. The zero-order valence-electron chi connectivity index (χ0n) is 17.7. The first-order valence-corrected chi connectivity index (χ1v) is 11.6. The Balaban J connectivity index is 1.87. The number of nitrogens with one attached hydrogen (secondary N) is 2. The van der Waals surface area contributed by atoms with E-state index in [9.17, 15) is 22.4 Å². The summed E-state index contributed by atoms with van der Waals surface area (Å²) < 4.78 is 41.5. The molecule has 1 aliphatic heterocycles. The predicted molar refractivity (Wildman–Crippen MR) is 116 cm³/mol. The van der Waals surface area contributed by atoms with Gasteiger partial charge in [0.2, 0.25) is 10.0 Å². The van der Waals surface area contributed by atoms with Gasteiger partial charge in [0.25, 0.3) is 11.8 Å². The Morgan fingerprint density at radius 2 is 1.74 bits per heavy atom. The van der Waals surface area contributed by atoms with Crippen molar-refractivity contribution in [1.82, 2.24) is 9.62 Å². The number of nitrogens with zero attached hydrogens (tertiary/aromatic N) is 1. The van der Waals surface area contributed by atoms with Crippen molar-refractivity contribution in [3.63, 3.8) is 0 Å². The maximum atomic E-state index is 14.3. The number of sulfonamides is 1. The highest BCUT2D eigenvalue weighted by molar-refractivity contribution is 7.89. The van der Waals surface area contributed by atoms with Gasteiger partial charge >= 0.3 is 0 Å². The standard InChI is InChI=1S/C22H26FN3O4S/c1-14(2)25-31(29,30)16-9-10-19(23)18(13-16)21(27)24-20-8-6-7-17(15(20)3)22(28)26-11-4-5-12-26/h6-10,13-14,25H,4-5,11-12H2,1-3H3,(H,24,27). The first-order valence-electron chi connectivity index (χ1n) is 10.1. The maximum Gasteiger partial charge on any atom is 0.258 e. The molecule has 1 heterocycles. The quantitative estimate of drug-likeness (QED) is 0.710. The van der Waals surface area contributed by atoms with Crippen LogP contribution in [0.15, 0.2) is 41.3 Å². The minimum atomic E-state index is -3.89. The number of benzene rings is 2. The SMILES string of the molecule is Cc1c(NC(=O)c2cc(S(=O)(=O)NC(C)C)ccc2F)cccc1C(=O)N1CCCC1. The molecule has 166 valence electrons. The molecule has 1 fully saturated rings. The zero-order valence-corrected chi connectivity index (χ0v) is 18.6. The van der Waals surface area contributed by atoms with Gasteiger partial charge in [0.15, 0.2) is 0 Å². The van der Waals surface area contributed by atoms with E-state index in [2.05, 4.69) is 10.0 Å².